The highest BCUT2D eigenvalue weighted by atomic mass is 16.5. The van der Waals surface area contributed by atoms with Crippen molar-refractivity contribution in [3.05, 3.63) is 59.7 Å². The minimum Gasteiger partial charge on any atom is -0.497 e. The lowest BCUT2D eigenvalue weighted by molar-refractivity contribution is 0.249. The fraction of sp³-hybridized carbons (Fsp3) is 0.316. The summed E-state index contributed by atoms with van der Waals surface area (Å²) in [5.74, 6) is 0.896. The second-order valence-electron chi connectivity index (χ2n) is 5.73. The molecule has 0 amide bonds. The number of methoxy groups -OCH3 is 1. The third-order valence-electron chi connectivity index (χ3n) is 4.32. The van der Waals surface area contributed by atoms with Crippen molar-refractivity contribution in [2.24, 2.45) is 0 Å². The van der Waals surface area contributed by atoms with Gasteiger partial charge in [0, 0.05) is 44.5 Å². The first kappa shape index (κ1) is 15.4. The Balaban J connectivity index is 1.61. The summed E-state index contributed by atoms with van der Waals surface area (Å²) in [5, 5.41) is 9.20. The quantitative estimate of drug-likeness (QED) is 0.871. The number of anilines is 1. The molecule has 1 aliphatic rings. The fourth-order valence-corrected chi connectivity index (χ4v) is 2.98. The van der Waals surface area contributed by atoms with Gasteiger partial charge in [-0.2, -0.15) is 5.26 Å². The Kier molecular flexibility index (Phi) is 4.80. The van der Waals surface area contributed by atoms with E-state index < -0.39 is 0 Å². The van der Waals surface area contributed by atoms with Crippen LogP contribution in [0.4, 0.5) is 5.69 Å². The van der Waals surface area contributed by atoms with Crippen molar-refractivity contribution >= 4 is 5.69 Å². The van der Waals surface area contributed by atoms with Crippen LogP contribution >= 0.6 is 0 Å². The first-order chi connectivity index (χ1) is 11.3. The van der Waals surface area contributed by atoms with Crippen LogP contribution in [-0.2, 0) is 6.54 Å². The van der Waals surface area contributed by atoms with Gasteiger partial charge >= 0.3 is 0 Å². The maximum atomic E-state index is 9.20. The van der Waals surface area contributed by atoms with E-state index in [9.17, 15) is 5.26 Å². The third kappa shape index (κ3) is 3.64. The zero-order valence-corrected chi connectivity index (χ0v) is 13.4. The van der Waals surface area contributed by atoms with E-state index in [0.717, 1.165) is 49.6 Å². The second kappa shape index (κ2) is 7.17. The van der Waals surface area contributed by atoms with Gasteiger partial charge in [0.05, 0.1) is 18.7 Å². The van der Waals surface area contributed by atoms with Crippen LogP contribution in [0.5, 0.6) is 5.75 Å². The van der Waals surface area contributed by atoms with Gasteiger partial charge in [-0.05, 0) is 23.8 Å². The van der Waals surface area contributed by atoms with Crippen LogP contribution in [0.3, 0.4) is 0 Å². The van der Waals surface area contributed by atoms with Crippen molar-refractivity contribution < 1.29 is 4.74 Å². The van der Waals surface area contributed by atoms with E-state index in [-0.39, 0.29) is 0 Å². The van der Waals surface area contributed by atoms with Crippen LogP contribution in [0.25, 0.3) is 0 Å². The molecule has 118 valence electrons. The van der Waals surface area contributed by atoms with Crippen LogP contribution in [0.1, 0.15) is 11.1 Å². The number of piperazine rings is 1. The van der Waals surface area contributed by atoms with E-state index >= 15 is 0 Å². The zero-order valence-electron chi connectivity index (χ0n) is 13.4. The molecule has 0 unspecified atom stereocenters. The van der Waals surface area contributed by atoms with E-state index in [1.54, 1.807) is 7.11 Å². The van der Waals surface area contributed by atoms with E-state index in [1.165, 1.54) is 5.69 Å². The molecule has 1 heterocycles. The molecule has 23 heavy (non-hydrogen) atoms. The van der Waals surface area contributed by atoms with Crippen molar-refractivity contribution in [2.75, 3.05) is 38.2 Å². The molecule has 0 N–H and O–H groups in total. The van der Waals surface area contributed by atoms with Gasteiger partial charge in [0.2, 0.25) is 0 Å². The molecule has 4 heteroatoms. The molecule has 3 rings (SSSR count). The zero-order chi connectivity index (χ0) is 16.1. The van der Waals surface area contributed by atoms with Crippen LogP contribution in [0, 0.1) is 11.3 Å². The number of hydrogen-bond acceptors (Lipinski definition) is 4. The predicted octanol–water partition coefficient (Wildman–Crippen LogP) is 2.89. The van der Waals surface area contributed by atoms with E-state index in [4.69, 9.17) is 4.74 Å². The molecule has 2 aromatic rings. The molecule has 0 saturated carbocycles. The first-order valence-electron chi connectivity index (χ1n) is 7.89. The number of hydrogen-bond donors (Lipinski definition) is 0. The van der Waals surface area contributed by atoms with Crippen molar-refractivity contribution in [1.82, 2.24) is 4.90 Å². The summed E-state index contributed by atoms with van der Waals surface area (Å²) in [6, 6.07) is 18.4. The topological polar surface area (TPSA) is 39.5 Å². The van der Waals surface area contributed by atoms with Crippen molar-refractivity contribution in [3.8, 4) is 11.8 Å². The molecule has 1 fully saturated rings. The Morgan fingerprint density at radius 2 is 1.83 bits per heavy atom. The minimum absolute atomic E-state index is 0.780. The minimum atomic E-state index is 0.780. The smallest absolute Gasteiger partial charge is 0.120 e. The summed E-state index contributed by atoms with van der Waals surface area (Å²) in [6.07, 6.45) is 0. The molecule has 0 bridgehead atoms. The largest absolute Gasteiger partial charge is 0.497 e. The van der Waals surface area contributed by atoms with Gasteiger partial charge in [-0.15, -0.1) is 0 Å². The monoisotopic (exact) mass is 307 g/mol. The molecular weight excluding hydrogens is 286 g/mol. The number of rotatable bonds is 4. The fourth-order valence-electron chi connectivity index (χ4n) is 2.98. The highest BCUT2D eigenvalue weighted by Gasteiger charge is 2.18. The summed E-state index contributed by atoms with van der Waals surface area (Å²) >= 11 is 0. The molecule has 0 radical (unpaired) electrons. The van der Waals surface area contributed by atoms with E-state index in [0.29, 0.717) is 0 Å². The maximum absolute atomic E-state index is 9.20. The van der Waals surface area contributed by atoms with E-state index in [2.05, 4.69) is 28.0 Å². The van der Waals surface area contributed by atoms with Gasteiger partial charge in [-0.1, -0.05) is 24.3 Å². The number of nitrogens with zero attached hydrogens (tertiary/aromatic N) is 3. The molecule has 0 aromatic heterocycles. The van der Waals surface area contributed by atoms with Gasteiger partial charge in [0.25, 0.3) is 0 Å². The summed E-state index contributed by atoms with van der Waals surface area (Å²) < 4.78 is 5.30. The van der Waals surface area contributed by atoms with Crippen molar-refractivity contribution in [2.45, 2.75) is 6.54 Å². The van der Waals surface area contributed by atoms with Crippen LogP contribution < -0.4 is 9.64 Å². The van der Waals surface area contributed by atoms with Gasteiger partial charge < -0.3 is 9.64 Å². The Hall–Kier alpha value is -2.51. The van der Waals surface area contributed by atoms with Crippen molar-refractivity contribution in [3.63, 3.8) is 0 Å². The molecule has 1 aliphatic heterocycles. The van der Waals surface area contributed by atoms with Crippen LogP contribution in [-0.4, -0.2) is 38.2 Å². The number of ether oxygens (including phenoxy) is 1. The number of benzene rings is 2. The molecule has 0 aliphatic carbocycles. The maximum Gasteiger partial charge on any atom is 0.120 e. The summed E-state index contributed by atoms with van der Waals surface area (Å²) in [7, 11) is 1.70. The Morgan fingerprint density at radius 1 is 1.04 bits per heavy atom. The summed E-state index contributed by atoms with van der Waals surface area (Å²) in [4.78, 5) is 4.79. The summed E-state index contributed by atoms with van der Waals surface area (Å²) in [5.41, 5.74) is 3.11. The Bertz CT molecular complexity index is 700. The summed E-state index contributed by atoms with van der Waals surface area (Å²) in [6.45, 7) is 4.81. The van der Waals surface area contributed by atoms with Gasteiger partial charge in [-0.25, -0.2) is 0 Å². The van der Waals surface area contributed by atoms with Crippen molar-refractivity contribution in [1.29, 1.82) is 5.26 Å². The highest BCUT2D eigenvalue weighted by Crippen LogP contribution is 2.22. The average molecular weight is 307 g/mol. The Labute approximate surface area is 137 Å². The van der Waals surface area contributed by atoms with Gasteiger partial charge in [0.15, 0.2) is 0 Å². The molecule has 0 spiro atoms. The SMILES string of the molecule is COc1cccc(N2CCN(Cc3ccccc3C#N)CC2)c1. The molecule has 2 aromatic carbocycles. The number of nitriles is 1. The third-order valence-corrected chi connectivity index (χ3v) is 4.32. The predicted molar refractivity (Wildman–Crippen MR) is 91.6 cm³/mol. The van der Waals surface area contributed by atoms with Crippen LogP contribution in [0.2, 0.25) is 0 Å². The lowest BCUT2D eigenvalue weighted by atomic mass is 10.1. The van der Waals surface area contributed by atoms with E-state index in [1.807, 2.05) is 36.4 Å². The lowest BCUT2D eigenvalue weighted by Gasteiger charge is -2.36. The molecule has 1 saturated heterocycles. The van der Waals surface area contributed by atoms with Gasteiger partial charge in [-0.3, -0.25) is 4.90 Å². The molecule has 0 atom stereocenters. The highest BCUT2D eigenvalue weighted by molar-refractivity contribution is 5.51. The average Bonchev–Trinajstić information content (AvgIpc) is 2.63. The first-order valence-corrected chi connectivity index (χ1v) is 7.89. The molecular formula is C19H21N3O. The second-order valence-corrected chi connectivity index (χ2v) is 5.73. The van der Waals surface area contributed by atoms with Crippen LogP contribution in [0.15, 0.2) is 48.5 Å². The van der Waals surface area contributed by atoms with Gasteiger partial charge in [0.1, 0.15) is 5.75 Å². The Morgan fingerprint density at radius 3 is 2.57 bits per heavy atom. The lowest BCUT2D eigenvalue weighted by Crippen LogP contribution is -2.46. The molecule has 4 nitrogen and oxygen atoms in total. The standard InChI is InChI=1S/C19H21N3O/c1-23-19-8-4-7-18(13-19)22-11-9-21(10-12-22)15-17-6-3-2-5-16(17)14-20/h2-8,13H,9-12,15H2,1H3. The normalized spacial score (nSPS) is 15.2.